The number of nitrogens with two attached hydrogens (primary N) is 1. The first-order valence-electron chi connectivity index (χ1n) is 3.58. The number of alkyl halides is 5. The summed E-state index contributed by atoms with van der Waals surface area (Å²) in [6.07, 6.45) is -7.10. The number of amidine groups is 1. The van der Waals surface area contributed by atoms with E-state index < -0.39 is 18.5 Å². The third-order valence-corrected chi connectivity index (χ3v) is 2.11. The molecule has 0 bridgehead atoms. The molecule has 0 spiro atoms. The van der Waals surface area contributed by atoms with Crippen LogP contribution >= 0.6 is 28.7 Å². The Hall–Kier alpha value is -0.0500. The van der Waals surface area contributed by atoms with Gasteiger partial charge >= 0.3 is 12.1 Å². The van der Waals surface area contributed by atoms with Crippen LogP contribution in [0.1, 0.15) is 12.8 Å². The van der Waals surface area contributed by atoms with Crippen LogP contribution in [0, 0.1) is 5.41 Å². The Kier molecular flexibility index (Phi) is 7.53. The van der Waals surface area contributed by atoms with Crippen molar-refractivity contribution in [2.24, 2.45) is 5.73 Å². The highest BCUT2D eigenvalue weighted by Crippen LogP contribution is 2.38. The molecule has 92 valence electrons. The molecule has 3 N–H and O–H groups in total. The van der Waals surface area contributed by atoms with E-state index in [0.29, 0.717) is 0 Å². The van der Waals surface area contributed by atoms with Crippen molar-refractivity contribution in [3.63, 3.8) is 0 Å². The number of nitrogens with one attached hydrogen (secondary N) is 1. The van der Waals surface area contributed by atoms with Crippen molar-refractivity contribution < 1.29 is 22.0 Å². The highest BCUT2D eigenvalue weighted by molar-refractivity contribution is 8.93. The predicted molar refractivity (Wildman–Crippen MR) is 54.9 cm³/mol. The molecule has 9 heteroatoms. The Morgan fingerprint density at radius 2 is 1.67 bits per heavy atom. The van der Waals surface area contributed by atoms with Crippen molar-refractivity contribution in [2.45, 2.75) is 24.9 Å². The highest BCUT2D eigenvalue weighted by atomic mass is 79.9. The minimum absolute atomic E-state index is 0. The fourth-order valence-electron chi connectivity index (χ4n) is 0.618. The van der Waals surface area contributed by atoms with Crippen molar-refractivity contribution in [1.29, 1.82) is 5.41 Å². The van der Waals surface area contributed by atoms with Crippen molar-refractivity contribution in [3.8, 4) is 0 Å². The van der Waals surface area contributed by atoms with Crippen molar-refractivity contribution >= 4 is 33.9 Å². The summed E-state index contributed by atoms with van der Waals surface area (Å²) >= 11 is 0.743. The van der Waals surface area contributed by atoms with E-state index in [2.05, 4.69) is 0 Å². The maximum atomic E-state index is 12.2. The Labute approximate surface area is 98.1 Å². The van der Waals surface area contributed by atoms with Gasteiger partial charge in [0.2, 0.25) is 0 Å². The van der Waals surface area contributed by atoms with E-state index in [1.807, 2.05) is 0 Å². The van der Waals surface area contributed by atoms with Gasteiger partial charge in [-0.15, -0.1) is 17.0 Å². The lowest BCUT2D eigenvalue weighted by molar-refractivity contribution is -0.284. The lowest BCUT2D eigenvalue weighted by Gasteiger charge is -2.18. The van der Waals surface area contributed by atoms with Gasteiger partial charge in [-0.25, -0.2) is 0 Å². The number of hydrogen-bond acceptors (Lipinski definition) is 2. The summed E-state index contributed by atoms with van der Waals surface area (Å²) < 4.78 is 59.3. The minimum Gasteiger partial charge on any atom is -0.379 e. The molecule has 0 aliphatic rings. The SMILES string of the molecule is Br.N=C(N)SCCCC(F)(F)C(F)(F)F. The lowest BCUT2D eigenvalue weighted by Crippen LogP contribution is -2.36. The van der Waals surface area contributed by atoms with Gasteiger partial charge in [-0.1, -0.05) is 11.8 Å². The van der Waals surface area contributed by atoms with Crippen LogP contribution in [0.25, 0.3) is 0 Å². The van der Waals surface area contributed by atoms with Crippen LogP contribution in [0.4, 0.5) is 22.0 Å². The molecule has 0 aliphatic carbocycles. The fourth-order valence-corrected chi connectivity index (χ4v) is 1.13. The zero-order valence-corrected chi connectivity index (χ0v) is 9.93. The number of rotatable bonds is 4. The van der Waals surface area contributed by atoms with Gasteiger partial charge in [0.15, 0.2) is 5.17 Å². The van der Waals surface area contributed by atoms with Crippen LogP contribution in [-0.4, -0.2) is 23.0 Å². The third kappa shape index (κ3) is 6.93. The van der Waals surface area contributed by atoms with Gasteiger partial charge in [0, 0.05) is 12.2 Å². The molecule has 0 amide bonds. The molecule has 0 radical (unpaired) electrons. The minimum atomic E-state index is -5.49. The molecule has 0 unspecified atom stereocenters. The van der Waals surface area contributed by atoms with Gasteiger partial charge in [-0.05, 0) is 6.42 Å². The average Bonchev–Trinajstić information content (AvgIpc) is 1.95. The van der Waals surface area contributed by atoms with Gasteiger partial charge < -0.3 is 5.73 Å². The zero-order valence-electron chi connectivity index (χ0n) is 7.40. The summed E-state index contributed by atoms with van der Waals surface area (Å²) in [6.45, 7) is 0. The Bertz CT molecular complexity index is 208. The molecule has 2 nitrogen and oxygen atoms in total. The molecule has 0 aromatic rings. The number of thioether (sulfide) groups is 1. The number of halogens is 6. The normalized spacial score (nSPS) is 12.1. The largest absolute Gasteiger partial charge is 0.453 e. The molecule has 0 aromatic carbocycles. The van der Waals surface area contributed by atoms with Crippen LogP contribution in [0.15, 0.2) is 0 Å². The molecule has 15 heavy (non-hydrogen) atoms. The summed E-state index contributed by atoms with van der Waals surface area (Å²) in [4.78, 5) is 0. The van der Waals surface area contributed by atoms with Crippen LogP contribution in [0.5, 0.6) is 0 Å². The van der Waals surface area contributed by atoms with Crippen LogP contribution in [0.3, 0.4) is 0 Å². The quantitative estimate of drug-likeness (QED) is 0.362. The second kappa shape index (κ2) is 6.51. The lowest BCUT2D eigenvalue weighted by atomic mass is 10.2. The monoisotopic (exact) mass is 316 g/mol. The van der Waals surface area contributed by atoms with Crippen molar-refractivity contribution in [2.75, 3.05) is 5.75 Å². The van der Waals surface area contributed by atoms with Gasteiger partial charge in [0.1, 0.15) is 0 Å². The van der Waals surface area contributed by atoms with Crippen molar-refractivity contribution in [3.05, 3.63) is 0 Å². The number of hydrogen-bond donors (Lipinski definition) is 2. The third-order valence-electron chi connectivity index (χ3n) is 1.31. The van der Waals surface area contributed by atoms with Crippen LogP contribution in [-0.2, 0) is 0 Å². The molecule has 0 heterocycles. The summed E-state index contributed by atoms with van der Waals surface area (Å²) in [5.41, 5.74) is 4.86. The van der Waals surface area contributed by atoms with Gasteiger partial charge in [-0.3, -0.25) is 5.41 Å². The first kappa shape index (κ1) is 17.3. The summed E-state index contributed by atoms with van der Waals surface area (Å²) in [5.74, 6) is -4.66. The van der Waals surface area contributed by atoms with E-state index in [1.54, 1.807) is 0 Å². The molecule has 0 fully saturated rings. The molecule has 0 rings (SSSR count). The van der Waals surface area contributed by atoms with Gasteiger partial charge in [0.05, 0.1) is 0 Å². The van der Waals surface area contributed by atoms with Crippen molar-refractivity contribution in [1.82, 2.24) is 0 Å². The van der Waals surface area contributed by atoms with Gasteiger partial charge in [0.25, 0.3) is 0 Å². The smallest absolute Gasteiger partial charge is 0.379 e. The zero-order chi connectivity index (χ0) is 11.4. The molecule has 0 saturated carbocycles. The van der Waals surface area contributed by atoms with E-state index in [9.17, 15) is 22.0 Å². The van der Waals surface area contributed by atoms with Crippen LogP contribution < -0.4 is 5.73 Å². The Morgan fingerprint density at radius 3 is 2.00 bits per heavy atom. The van der Waals surface area contributed by atoms with E-state index >= 15 is 0 Å². The van der Waals surface area contributed by atoms with E-state index in [-0.39, 0.29) is 34.3 Å². The first-order valence-corrected chi connectivity index (χ1v) is 4.57. The Balaban J connectivity index is 0. The first-order chi connectivity index (χ1) is 6.17. The summed E-state index contributed by atoms with van der Waals surface area (Å²) in [7, 11) is 0. The fraction of sp³-hybridized carbons (Fsp3) is 0.833. The highest BCUT2D eigenvalue weighted by Gasteiger charge is 2.56. The van der Waals surface area contributed by atoms with Gasteiger partial charge in [-0.2, -0.15) is 22.0 Å². The molecule has 0 aromatic heterocycles. The average molecular weight is 317 g/mol. The second-order valence-corrected chi connectivity index (χ2v) is 3.66. The summed E-state index contributed by atoms with van der Waals surface area (Å²) in [5, 5.41) is 6.39. The topological polar surface area (TPSA) is 49.9 Å². The molecule has 0 atom stereocenters. The van der Waals surface area contributed by atoms with E-state index in [4.69, 9.17) is 11.1 Å². The van der Waals surface area contributed by atoms with E-state index in [0.717, 1.165) is 11.8 Å². The van der Waals surface area contributed by atoms with E-state index in [1.165, 1.54) is 0 Å². The maximum absolute atomic E-state index is 12.2. The molecular formula is C6H10BrF5N2S. The summed E-state index contributed by atoms with van der Waals surface area (Å²) in [6, 6.07) is 0. The standard InChI is InChI=1S/C6H9F5N2S.BrH/c7-5(8,6(9,10)11)2-1-3-14-4(12)13;/h1-3H2,(H3,12,13);1H. The second-order valence-electron chi connectivity index (χ2n) is 2.52. The molecular weight excluding hydrogens is 307 g/mol. The molecule has 0 saturated heterocycles. The Morgan fingerprint density at radius 1 is 1.20 bits per heavy atom. The molecule has 0 aliphatic heterocycles. The van der Waals surface area contributed by atoms with Crippen LogP contribution in [0.2, 0.25) is 0 Å². The predicted octanol–water partition coefficient (Wildman–Crippen LogP) is 3.17. The maximum Gasteiger partial charge on any atom is 0.453 e.